The van der Waals surface area contributed by atoms with Crippen molar-refractivity contribution in [2.75, 3.05) is 44.3 Å². The molecule has 0 amide bonds. The monoisotopic (exact) mass is 294 g/mol. The summed E-state index contributed by atoms with van der Waals surface area (Å²) in [5.41, 5.74) is 1.25. The SMILES string of the molecule is CC(O)c1c(F)cccc1N1CCC(N2CCOCC2)C1. The highest BCUT2D eigenvalue weighted by molar-refractivity contribution is 5.56. The summed E-state index contributed by atoms with van der Waals surface area (Å²) in [4.78, 5) is 4.66. The Morgan fingerprint density at radius 1 is 1.29 bits per heavy atom. The lowest BCUT2D eigenvalue weighted by Gasteiger charge is -2.32. The third-order valence-electron chi connectivity index (χ3n) is 4.51. The fourth-order valence-corrected chi connectivity index (χ4v) is 3.42. The third kappa shape index (κ3) is 3.05. The Hall–Kier alpha value is -1.17. The normalized spacial score (nSPS) is 25.3. The minimum absolute atomic E-state index is 0.322. The minimum Gasteiger partial charge on any atom is -0.389 e. The van der Waals surface area contributed by atoms with Crippen LogP contribution >= 0.6 is 0 Å². The number of halogens is 1. The van der Waals surface area contributed by atoms with Crippen LogP contribution in [0.5, 0.6) is 0 Å². The molecule has 0 spiro atoms. The first-order valence-electron chi connectivity index (χ1n) is 7.70. The van der Waals surface area contributed by atoms with Crippen molar-refractivity contribution in [3.63, 3.8) is 0 Å². The molecule has 1 N–H and O–H groups in total. The summed E-state index contributed by atoms with van der Waals surface area (Å²) in [6.07, 6.45) is 0.291. The molecule has 2 fully saturated rings. The maximum absolute atomic E-state index is 14.0. The van der Waals surface area contributed by atoms with E-state index in [2.05, 4.69) is 9.80 Å². The largest absolute Gasteiger partial charge is 0.389 e. The van der Waals surface area contributed by atoms with E-state index in [4.69, 9.17) is 4.74 Å². The first kappa shape index (κ1) is 14.8. The van der Waals surface area contributed by atoms with Crippen LogP contribution in [0.4, 0.5) is 10.1 Å². The zero-order chi connectivity index (χ0) is 14.8. The molecule has 116 valence electrons. The summed E-state index contributed by atoms with van der Waals surface area (Å²) in [5, 5.41) is 9.87. The molecule has 0 radical (unpaired) electrons. The average molecular weight is 294 g/mol. The molecule has 4 nitrogen and oxygen atoms in total. The van der Waals surface area contributed by atoms with Crippen molar-refractivity contribution in [3.05, 3.63) is 29.6 Å². The maximum atomic E-state index is 14.0. The molecule has 2 unspecified atom stereocenters. The molecule has 1 aromatic carbocycles. The molecular formula is C16H23FN2O2. The smallest absolute Gasteiger partial charge is 0.131 e. The first-order valence-corrected chi connectivity index (χ1v) is 7.70. The van der Waals surface area contributed by atoms with Gasteiger partial charge in [-0.15, -0.1) is 0 Å². The number of ether oxygens (including phenoxy) is 1. The number of rotatable bonds is 3. The van der Waals surface area contributed by atoms with Gasteiger partial charge in [-0.05, 0) is 25.5 Å². The van der Waals surface area contributed by atoms with Crippen LogP contribution in [0.25, 0.3) is 0 Å². The molecule has 0 bridgehead atoms. The molecule has 2 aliphatic rings. The van der Waals surface area contributed by atoms with E-state index in [1.165, 1.54) is 6.07 Å². The van der Waals surface area contributed by atoms with Crippen LogP contribution in [-0.2, 0) is 4.74 Å². The fraction of sp³-hybridized carbons (Fsp3) is 0.625. The minimum atomic E-state index is -0.788. The number of hydrogen-bond acceptors (Lipinski definition) is 4. The predicted molar refractivity (Wildman–Crippen MR) is 80.0 cm³/mol. The first-order chi connectivity index (χ1) is 10.2. The number of benzene rings is 1. The summed E-state index contributed by atoms with van der Waals surface area (Å²) in [6.45, 7) is 6.98. The molecule has 2 saturated heterocycles. The number of morpholine rings is 1. The van der Waals surface area contributed by atoms with Crippen LogP contribution in [0.2, 0.25) is 0 Å². The van der Waals surface area contributed by atoms with Gasteiger partial charge in [0.2, 0.25) is 0 Å². The second kappa shape index (κ2) is 6.30. The van der Waals surface area contributed by atoms with Crippen LogP contribution < -0.4 is 4.90 Å². The zero-order valence-corrected chi connectivity index (χ0v) is 12.5. The Bertz CT molecular complexity index is 489. The summed E-state index contributed by atoms with van der Waals surface area (Å²) >= 11 is 0. The van der Waals surface area contributed by atoms with Gasteiger partial charge in [0.15, 0.2) is 0 Å². The number of hydrogen-bond donors (Lipinski definition) is 1. The third-order valence-corrected chi connectivity index (χ3v) is 4.51. The Kier molecular flexibility index (Phi) is 4.42. The van der Waals surface area contributed by atoms with Gasteiger partial charge in [-0.25, -0.2) is 4.39 Å². The van der Waals surface area contributed by atoms with E-state index < -0.39 is 6.10 Å². The molecule has 0 saturated carbocycles. The lowest BCUT2D eigenvalue weighted by atomic mass is 10.1. The van der Waals surface area contributed by atoms with Crippen LogP contribution in [-0.4, -0.2) is 55.4 Å². The van der Waals surface area contributed by atoms with E-state index in [0.29, 0.717) is 11.6 Å². The topological polar surface area (TPSA) is 35.9 Å². The molecule has 2 atom stereocenters. The average Bonchev–Trinajstić information content (AvgIpc) is 2.97. The Labute approximate surface area is 125 Å². The van der Waals surface area contributed by atoms with E-state index in [0.717, 1.165) is 51.5 Å². The zero-order valence-electron chi connectivity index (χ0n) is 12.5. The summed E-state index contributed by atoms with van der Waals surface area (Å²) in [5.74, 6) is -0.322. The van der Waals surface area contributed by atoms with Crippen molar-refractivity contribution in [2.24, 2.45) is 0 Å². The summed E-state index contributed by atoms with van der Waals surface area (Å²) in [7, 11) is 0. The van der Waals surface area contributed by atoms with Crippen LogP contribution in [0, 0.1) is 5.82 Å². The predicted octanol–water partition coefficient (Wildman–Crippen LogP) is 1.79. The van der Waals surface area contributed by atoms with Crippen LogP contribution in [0.3, 0.4) is 0 Å². The highest BCUT2D eigenvalue weighted by atomic mass is 19.1. The van der Waals surface area contributed by atoms with E-state index in [1.807, 2.05) is 6.07 Å². The van der Waals surface area contributed by atoms with Crippen molar-refractivity contribution in [3.8, 4) is 0 Å². The van der Waals surface area contributed by atoms with Gasteiger partial charge in [-0.2, -0.15) is 0 Å². The molecule has 21 heavy (non-hydrogen) atoms. The molecule has 0 aromatic heterocycles. The van der Waals surface area contributed by atoms with Gasteiger partial charge in [0.1, 0.15) is 5.82 Å². The highest BCUT2D eigenvalue weighted by Gasteiger charge is 2.30. The lowest BCUT2D eigenvalue weighted by molar-refractivity contribution is 0.0209. The van der Waals surface area contributed by atoms with Gasteiger partial charge in [0, 0.05) is 43.5 Å². The van der Waals surface area contributed by atoms with Crippen molar-refractivity contribution < 1.29 is 14.2 Å². The molecule has 2 heterocycles. The Morgan fingerprint density at radius 2 is 2.05 bits per heavy atom. The van der Waals surface area contributed by atoms with Crippen LogP contribution in [0.15, 0.2) is 18.2 Å². The molecule has 0 aliphatic carbocycles. The fourth-order valence-electron chi connectivity index (χ4n) is 3.42. The molecule has 1 aromatic rings. The van der Waals surface area contributed by atoms with Crippen molar-refractivity contribution >= 4 is 5.69 Å². The molecule has 5 heteroatoms. The van der Waals surface area contributed by atoms with Gasteiger partial charge in [-0.3, -0.25) is 4.90 Å². The highest BCUT2D eigenvalue weighted by Crippen LogP contribution is 2.32. The number of aliphatic hydroxyl groups excluding tert-OH is 1. The lowest BCUT2D eigenvalue weighted by Crippen LogP contribution is -2.44. The van der Waals surface area contributed by atoms with Crippen molar-refractivity contribution in [1.29, 1.82) is 0 Å². The number of aliphatic hydroxyl groups is 1. The van der Waals surface area contributed by atoms with E-state index in [-0.39, 0.29) is 5.82 Å². The standard InChI is InChI=1S/C16H23FN2O2/c1-12(20)16-14(17)3-2-4-15(16)19-6-5-13(11-19)18-7-9-21-10-8-18/h2-4,12-13,20H,5-11H2,1H3. The van der Waals surface area contributed by atoms with Gasteiger partial charge in [0.05, 0.1) is 19.3 Å². The Balaban J connectivity index is 1.75. The summed E-state index contributed by atoms with van der Waals surface area (Å²) < 4.78 is 19.4. The molecular weight excluding hydrogens is 271 g/mol. The van der Waals surface area contributed by atoms with Crippen LogP contribution in [0.1, 0.15) is 25.0 Å². The maximum Gasteiger partial charge on any atom is 0.131 e. The number of nitrogens with zero attached hydrogens (tertiary/aromatic N) is 2. The molecule has 3 rings (SSSR count). The number of anilines is 1. The second-order valence-electron chi connectivity index (χ2n) is 5.89. The van der Waals surface area contributed by atoms with E-state index in [1.54, 1.807) is 13.0 Å². The van der Waals surface area contributed by atoms with Gasteiger partial charge in [0.25, 0.3) is 0 Å². The van der Waals surface area contributed by atoms with Crippen molar-refractivity contribution in [2.45, 2.75) is 25.5 Å². The molecule has 2 aliphatic heterocycles. The van der Waals surface area contributed by atoms with Gasteiger partial charge >= 0.3 is 0 Å². The van der Waals surface area contributed by atoms with E-state index in [9.17, 15) is 9.50 Å². The van der Waals surface area contributed by atoms with E-state index >= 15 is 0 Å². The van der Waals surface area contributed by atoms with Crippen molar-refractivity contribution in [1.82, 2.24) is 4.90 Å². The quantitative estimate of drug-likeness (QED) is 0.922. The summed E-state index contributed by atoms with van der Waals surface area (Å²) in [6, 6.07) is 5.55. The van der Waals surface area contributed by atoms with Gasteiger partial charge < -0.3 is 14.7 Å². The second-order valence-corrected chi connectivity index (χ2v) is 5.89. The van der Waals surface area contributed by atoms with Gasteiger partial charge in [-0.1, -0.05) is 6.07 Å². The Morgan fingerprint density at radius 3 is 2.76 bits per heavy atom.